The van der Waals surface area contributed by atoms with Crippen LogP contribution in [0.5, 0.6) is 0 Å². The minimum absolute atomic E-state index is 0.293. The van der Waals surface area contributed by atoms with Gasteiger partial charge >= 0.3 is 0 Å². The lowest BCUT2D eigenvalue weighted by Crippen LogP contribution is -2.06. The van der Waals surface area contributed by atoms with Gasteiger partial charge in [0, 0.05) is 15.1 Å². The molecular formula is C16H14BrF2NS. The maximum atomic E-state index is 12.3. The van der Waals surface area contributed by atoms with Crippen LogP contribution in [-0.2, 0) is 6.42 Å². The molecule has 0 saturated heterocycles. The molecule has 0 radical (unpaired) electrons. The Morgan fingerprint density at radius 1 is 1.14 bits per heavy atom. The lowest BCUT2D eigenvalue weighted by Gasteiger charge is -2.16. The number of halogens is 3. The minimum atomic E-state index is -2.37. The van der Waals surface area contributed by atoms with Crippen LogP contribution in [0.1, 0.15) is 23.6 Å². The van der Waals surface area contributed by atoms with Gasteiger partial charge in [-0.3, -0.25) is 0 Å². The third-order valence-electron chi connectivity index (χ3n) is 3.60. The Balaban J connectivity index is 1.71. The first-order chi connectivity index (χ1) is 10.1. The highest BCUT2D eigenvalue weighted by Gasteiger charge is 2.22. The standard InChI is InChI=1S/C16H14BrF2NS/c17-11-2-7-14-10(9-11)1-8-15(14)20-12-3-5-13(6-4-12)21-16(18)19/h2-7,9,15-16,20H,1,8H2. The molecular weight excluding hydrogens is 356 g/mol. The SMILES string of the molecule is FC(F)Sc1ccc(NC2CCc3cc(Br)ccc32)cc1. The van der Waals surface area contributed by atoms with Crippen molar-refractivity contribution in [1.82, 2.24) is 0 Å². The highest BCUT2D eigenvalue weighted by Crippen LogP contribution is 2.35. The van der Waals surface area contributed by atoms with E-state index in [-0.39, 0.29) is 0 Å². The van der Waals surface area contributed by atoms with Gasteiger partial charge in [-0.2, -0.15) is 8.78 Å². The number of hydrogen-bond acceptors (Lipinski definition) is 2. The fraction of sp³-hybridized carbons (Fsp3) is 0.250. The molecule has 0 spiro atoms. The van der Waals surface area contributed by atoms with Gasteiger partial charge in [-0.1, -0.05) is 33.8 Å². The topological polar surface area (TPSA) is 12.0 Å². The molecule has 0 fully saturated rings. The first-order valence-electron chi connectivity index (χ1n) is 6.71. The Bertz CT molecular complexity index is 631. The number of thioether (sulfide) groups is 1. The highest BCUT2D eigenvalue weighted by molar-refractivity contribution is 9.10. The lowest BCUT2D eigenvalue weighted by atomic mass is 10.1. The number of anilines is 1. The summed E-state index contributed by atoms with van der Waals surface area (Å²) in [5, 5.41) is 3.48. The second kappa shape index (κ2) is 6.36. The summed E-state index contributed by atoms with van der Waals surface area (Å²) >= 11 is 4.07. The largest absolute Gasteiger partial charge is 0.378 e. The number of nitrogens with one attached hydrogen (secondary N) is 1. The molecule has 3 rings (SSSR count). The van der Waals surface area contributed by atoms with Crippen LogP contribution < -0.4 is 5.32 Å². The Hall–Kier alpha value is -1.07. The van der Waals surface area contributed by atoms with Crippen LogP contribution in [0.25, 0.3) is 0 Å². The second-order valence-corrected chi connectivity index (χ2v) is 6.96. The number of fused-ring (bicyclic) bond motifs is 1. The van der Waals surface area contributed by atoms with Gasteiger partial charge in [-0.25, -0.2) is 0 Å². The van der Waals surface area contributed by atoms with Crippen molar-refractivity contribution in [1.29, 1.82) is 0 Å². The van der Waals surface area contributed by atoms with E-state index in [1.165, 1.54) is 11.1 Å². The molecule has 0 heterocycles. The van der Waals surface area contributed by atoms with Crippen LogP contribution in [0, 0.1) is 0 Å². The summed E-state index contributed by atoms with van der Waals surface area (Å²) < 4.78 is 25.7. The molecule has 2 aromatic rings. The van der Waals surface area contributed by atoms with Crippen LogP contribution in [0.3, 0.4) is 0 Å². The maximum Gasteiger partial charge on any atom is 0.288 e. The van der Waals surface area contributed by atoms with Crippen LogP contribution in [0.4, 0.5) is 14.5 Å². The van der Waals surface area contributed by atoms with Gasteiger partial charge in [-0.05, 0) is 60.4 Å². The molecule has 110 valence electrons. The van der Waals surface area contributed by atoms with Crippen molar-refractivity contribution < 1.29 is 8.78 Å². The van der Waals surface area contributed by atoms with E-state index in [1.807, 2.05) is 12.1 Å². The van der Waals surface area contributed by atoms with Crippen molar-refractivity contribution in [3.05, 3.63) is 58.1 Å². The van der Waals surface area contributed by atoms with E-state index in [4.69, 9.17) is 0 Å². The summed E-state index contributed by atoms with van der Waals surface area (Å²) in [6.45, 7) is 0. The number of benzene rings is 2. The average Bonchev–Trinajstić information content (AvgIpc) is 2.83. The molecule has 2 aromatic carbocycles. The van der Waals surface area contributed by atoms with Crippen LogP contribution in [0.2, 0.25) is 0 Å². The summed E-state index contributed by atoms with van der Waals surface area (Å²) in [4.78, 5) is 0.589. The van der Waals surface area contributed by atoms with E-state index in [0.29, 0.717) is 22.7 Å². The van der Waals surface area contributed by atoms with Crippen molar-refractivity contribution in [3.8, 4) is 0 Å². The van der Waals surface area contributed by atoms with Crippen LogP contribution in [-0.4, -0.2) is 5.76 Å². The minimum Gasteiger partial charge on any atom is -0.378 e. The van der Waals surface area contributed by atoms with Gasteiger partial charge in [0.1, 0.15) is 0 Å². The molecule has 1 N–H and O–H groups in total. The average molecular weight is 370 g/mol. The predicted molar refractivity (Wildman–Crippen MR) is 87.1 cm³/mol. The smallest absolute Gasteiger partial charge is 0.288 e. The Morgan fingerprint density at radius 2 is 1.90 bits per heavy atom. The zero-order chi connectivity index (χ0) is 14.8. The van der Waals surface area contributed by atoms with E-state index < -0.39 is 5.76 Å². The van der Waals surface area contributed by atoms with E-state index in [0.717, 1.165) is 23.0 Å². The van der Waals surface area contributed by atoms with Gasteiger partial charge in [0.15, 0.2) is 0 Å². The van der Waals surface area contributed by atoms with Crippen molar-refractivity contribution in [3.63, 3.8) is 0 Å². The zero-order valence-corrected chi connectivity index (χ0v) is 13.6. The van der Waals surface area contributed by atoms with Gasteiger partial charge in [-0.15, -0.1) is 0 Å². The molecule has 0 aliphatic heterocycles. The normalized spacial score (nSPS) is 17.0. The van der Waals surface area contributed by atoms with Gasteiger partial charge in [0.05, 0.1) is 6.04 Å². The fourth-order valence-electron chi connectivity index (χ4n) is 2.67. The first-order valence-corrected chi connectivity index (χ1v) is 8.39. The molecule has 0 aromatic heterocycles. The third-order valence-corrected chi connectivity index (χ3v) is 4.82. The molecule has 0 bridgehead atoms. The van der Waals surface area contributed by atoms with E-state index >= 15 is 0 Å². The molecule has 0 saturated carbocycles. The Labute approximate surface area is 135 Å². The van der Waals surface area contributed by atoms with E-state index in [1.54, 1.807) is 12.1 Å². The van der Waals surface area contributed by atoms with Crippen molar-refractivity contribution >= 4 is 33.4 Å². The van der Waals surface area contributed by atoms with Crippen molar-refractivity contribution in [2.24, 2.45) is 0 Å². The molecule has 1 atom stereocenters. The third kappa shape index (κ3) is 3.58. The number of rotatable bonds is 4. The number of alkyl halides is 2. The summed E-state index contributed by atoms with van der Waals surface area (Å²) in [6, 6.07) is 13.9. The van der Waals surface area contributed by atoms with E-state index in [2.05, 4.69) is 39.4 Å². The van der Waals surface area contributed by atoms with Gasteiger partial charge < -0.3 is 5.32 Å². The summed E-state index contributed by atoms with van der Waals surface area (Å²) in [5.41, 5.74) is 3.66. The predicted octanol–water partition coefficient (Wildman–Crippen LogP) is 5.86. The molecule has 1 unspecified atom stereocenters. The summed E-state index contributed by atoms with van der Waals surface area (Å²) in [5.74, 6) is -2.37. The van der Waals surface area contributed by atoms with Crippen molar-refractivity contribution in [2.75, 3.05) is 5.32 Å². The number of hydrogen-bond donors (Lipinski definition) is 1. The maximum absolute atomic E-state index is 12.3. The fourth-order valence-corrected chi connectivity index (χ4v) is 3.58. The number of aryl methyl sites for hydroxylation is 1. The molecule has 1 aliphatic carbocycles. The van der Waals surface area contributed by atoms with Crippen LogP contribution in [0.15, 0.2) is 51.8 Å². The zero-order valence-electron chi connectivity index (χ0n) is 11.2. The summed E-state index contributed by atoms with van der Waals surface area (Å²) in [6.07, 6.45) is 2.12. The highest BCUT2D eigenvalue weighted by atomic mass is 79.9. The molecule has 5 heteroatoms. The molecule has 1 aliphatic rings. The Kier molecular flexibility index (Phi) is 4.50. The lowest BCUT2D eigenvalue weighted by molar-refractivity contribution is 0.252. The van der Waals surface area contributed by atoms with Gasteiger partial charge in [0.25, 0.3) is 5.76 Å². The van der Waals surface area contributed by atoms with Gasteiger partial charge in [0.2, 0.25) is 0 Å². The van der Waals surface area contributed by atoms with E-state index in [9.17, 15) is 8.78 Å². The monoisotopic (exact) mass is 369 g/mol. The van der Waals surface area contributed by atoms with Crippen LogP contribution >= 0.6 is 27.7 Å². The summed E-state index contributed by atoms with van der Waals surface area (Å²) in [7, 11) is 0. The second-order valence-electron chi connectivity index (χ2n) is 4.98. The quantitative estimate of drug-likeness (QED) is 0.677. The molecule has 21 heavy (non-hydrogen) atoms. The molecule has 1 nitrogen and oxygen atoms in total. The first kappa shape index (κ1) is 14.9. The Morgan fingerprint density at radius 3 is 2.62 bits per heavy atom. The van der Waals surface area contributed by atoms with Crippen molar-refractivity contribution in [2.45, 2.75) is 29.5 Å². The molecule has 0 amide bonds.